The molecule has 5 nitrogen and oxygen atoms in total. The summed E-state index contributed by atoms with van der Waals surface area (Å²) in [5, 5.41) is 0. The molecule has 0 radical (unpaired) electrons. The number of alkyl halides is 2. The lowest BCUT2D eigenvalue weighted by molar-refractivity contribution is -0.142. The van der Waals surface area contributed by atoms with Crippen LogP contribution in [-0.2, 0) is 19.1 Å². The number of carbonyl (C=O) groups excluding carboxylic acids is 2. The number of Topliss-reactive ketones (excluding diaryl/α,β-unsaturated/α-hetero) is 1. The number of hydrogen-bond donors (Lipinski definition) is 0. The Morgan fingerprint density at radius 1 is 1.25 bits per heavy atom. The molecule has 0 aliphatic heterocycles. The number of esters is 1. The van der Waals surface area contributed by atoms with Crippen LogP contribution in [0.4, 0.5) is 8.78 Å². The minimum atomic E-state index is -3.25. The van der Waals surface area contributed by atoms with E-state index in [9.17, 15) is 18.4 Å². The fourth-order valence-electron chi connectivity index (χ4n) is 0.700. The van der Waals surface area contributed by atoms with Gasteiger partial charge in [0.15, 0.2) is 0 Å². The van der Waals surface area contributed by atoms with Crippen LogP contribution in [0.2, 0.25) is 0 Å². The molecule has 0 rings (SSSR count). The van der Waals surface area contributed by atoms with Gasteiger partial charge in [-0.1, -0.05) is 0 Å². The van der Waals surface area contributed by atoms with Crippen molar-refractivity contribution in [1.29, 1.82) is 0 Å². The lowest BCUT2D eigenvalue weighted by Gasteiger charge is -2.05. The van der Waals surface area contributed by atoms with Crippen molar-refractivity contribution >= 4 is 11.8 Å². The summed E-state index contributed by atoms with van der Waals surface area (Å²) in [6, 6.07) is 0. The number of rotatable bonds is 6. The lowest BCUT2D eigenvalue weighted by Crippen LogP contribution is -2.21. The summed E-state index contributed by atoms with van der Waals surface area (Å²) in [6.07, 6.45) is -2.55. The minimum absolute atomic E-state index is 0. The molecule has 0 saturated heterocycles. The molecular weight excluding hydrogens is 226 g/mol. The molecular formula is C9H14F2O5. The van der Waals surface area contributed by atoms with Crippen molar-refractivity contribution in [3.05, 3.63) is 11.8 Å². The van der Waals surface area contributed by atoms with Gasteiger partial charge >= 0.3 is 12.4 Å². The molecule has 0 aliphatic rings. The Balaban J connectivity index is 0. The van der Waals surface area contributed by atoms with Crippen molar-refractivity contribution < 1.29 is 33.3 Å². The van der Waals surface area contributed by atoms with E-state index < -0.39 is 23.8 Å². The lowest BCUT2D eigenvalue weighted by atomic mass is 10.2. The molecule has 0 atom stereocenters. The molecule has 7 heteroatoms. The highest BCUT2D eigenvalue weighted by atomic mass is 19.3. The predicted octanol–water partition coefficient (Wildman–Crippen LogP) is 0.479. The van der Waals surface area contributed by atoms with Crippen LogP contribution in [0.25, 0.3) is 0 Å². The van der Waals surface area contributed by atoms with Crippen LogP contribution in [-0.4, -0.2) is 36.9 Å². The van der Waals surface area contributed by atoms with E-state index in [2.05, 4.69) is 9.47 Å². The second kappa shape index (κ2) is 8.78. The van der Waals surface area contributed by atoms with Gasteiger partial charge in [0.05, 0.1) is 13.2 Å². The summed E-state index contributed by atoms with van der Waals surface area (Å²) in [4.78, 5) is 21.9. The van der Waals surface area contributed by atoms with Gasteiger partial charge in [-0.15, -0.1) is 0 Å². The Bertz CT molecular complexity index is 263. The van der Waals surface area contributed by atoms with Gasteiger partial charge in [0.1, 0.15) is 11.8 Å². The summed E-state index contributed by atoms with van der Waals surface area (Å²) >= 11 is 0. The topological polar surface area (TPSA) is 84.1 Å². The maximum Gasteiger partial charge on any atom is 0.345 e. The molecule has 0 heterocycles. The molecule has 0 aromatic heterocycles. The van der Waals surface area contributed by atoms with Gasteiger partial charge in [-0.2, -0.15) is 0 Å². The molecule has 0 unspecified atom stereocenters. The highest BCUT2D eigenvalue weighted by molar-refractivity contribution is 6.18. The molecule has 94 valence electrons. The first kappa shape index (κ1) is 16.9. The predicted molar refractivity (Wildman–Crippen MR) is 51.0 cm³/mol. The fourth-order valence-corrected chi connectivity index (χ4v) is 0.700. The van der Waals surface area contributed by atoms with E-state index in [0.29, 0.717) is 6.26 Å². The van der Waals surface area contributed by atoms with Crippen LogP contribution < -0.4 is 0 Å². The van der Waals surface area contributed by atoms with Crippen LogP contribution in [0.5, 0.6) is 0 Å². The molecule has 0 aromatic rings. The van der Waals surface area contributed by atoms with E-state index in [4.69, 9.17) is 0 Å². The SMILES string of the molecule is CCO/C=C(\C(=O)OCC)C(=O)C(F)F.O. The van der Waals surface area contributed by atoms with Crippen LogP contribution in [0.3, 0.4) is 0 Å². The zero-order valence-electron chi connectivity index (χ0n) is 8.96. The molecule has 0 fully saturated rings. The van der Waals surface area contributed by atoms with Crippen LogP contribution in [0.1, 0.15) is 13.8 Å². The summed E-state index contributed by atoms with van der Waals surface area (Å²) in [5.74, 6) is -2.70. The maximum atomic E-state index is 12.1. The van der Waals surface area contributed by atoms with Crippen molar-refractivity contribution in [3.63, 3.8) is 0 Å². The molecule has 0 amide bonds. The van der Waals surface area contributed by atoms with E-state index in [0.717, 1.165) is 0 Å². The zero-order valence-corrected chi connectivity index (χ0v) is 8.96. The van der Waals surface area contributed by atoms with Gasteiger partial charge in [0, 0.05) is 0 Å². The first-order valence-electron chi connectivity index (χ1n) is 4.35. The van der Waals surface area contributed by atoms with E-state index >= 15 is 0 Å². The third-order valence-electron chi connectivity index (χ3n) is 1.33. The third kappa shape index (κ3) is 5.40. The molecule has 0 spiro atoms. The average Bonchev–Trinajstić information content (AvgIpc) is 2.18. The first-order valence-corrected chi connectivity index (χ1v) is 4.35. The highest BCUT2D eigenvalue weighted by Crippen LogP contribution is 2.08. The van der Waals surface area contributed by atoms with Gasteiger partial charge in [-0.25, -0.2) is 13.6 Å². The van der Waals surface area contributed by atoms with Crippen LogP contribution in [0.15, 0.2) is 11.8 Å². The Morgan fingerprint density at radius 2 is 1.81 bits per heavy atom. The molecule has 0 aromatic carbocycles. The van der Waals surface area contributed by atoms with Crippen molar-refractivity contribution in [1.82, 2.24) is 0 Å². The monoisotopic (exact) mass is 240 g/mol. The van der Waals surface area contributed by atoms with E-state index in [1.54, 1.807) is 6.92 Å². The van der Waals surface area contributed by atoms with E-state index in [1.807, 2.05) is 0 Å². The van der Waals surface area contributed by atoms with Gasteiger partial charge in [0.25, 0.3) is 0 Å². The smallest absolute Gasteiger partial charge is 0.345 e. The normalized spacial score (nSPS) is 10.7. The Hall–Kier alpha value is -1.50. The number of hydrogen-bond acceptors (Lipinski definition) is 4. The van der Waals surface area contributed by atoms with E-state index in [1.165, 1.54) is 6.92 Å². The first-order chi connectivity index (χ1) is 7.04. The second-order valence-corrected chi connectivity index (χ2v) is 2.37. The van der Waals surface area contributed by atoms with Crippen LogP contribution in [0, 0.1) is 0 Å². The zero-order chi connectivity index (χ0) is 11.8. The third-order valence-corrected chi connectivity index (χ3v) is 1.33. The minimum Gasteiger partial charge on any atom is -0.500 e. The molecule has 2 N–H and O–H groups in total. The summed E-state index contributed by atoms with van der Waals surface area (Å²) in [7, 11) is 0. The Labute approximate surface area is 91.3 Å². The summed E-state index contributed by atoms with van der Waals surface area (Å²) < 4.78 is 33.2. The molecule has 0 aliphatic carbocycles. The van der Waals surface area contributed by atoms with Crippen molar-refractivity contribution in [2.75, 3.05) is 13.2 Å². The van der Waals surface area contributed by atoms with E-state index in [-0.39, 0.29) is 18.7 Å². The second-order valence-electron chi connectivity index (χ2n) is 2.37. The van der Waals surface area contributed by atoms with Crippen molar-refractivity contribution in [3.8, 4) is 0 Å². The number of ketones is 1. The van der Waals surface area contributed by atoms with Gasteiger partial charge < -0.3 is 14.9 Å². The van der Waals surface area contributed by atoms with Gasteiger partial charge in [-0.3, -0.25) is 4.79 Å². The molecule has 16 heavy (non-hydrogen) atoms. The highest BCUT2D eigenvalue weighted by Gasteiger charge is 2.27. The standard InChI is InChI=1S/C9H12F2O4.H2O/c1-3-14-5-6(7(12)8(10)11)9(13)15-4-2;/h5,8H,3-4H2,1-2H3;1H2/b6-5-;. The maximum absolute atomic E-state index is 12.1. The van der Waals surface area contributed by atoms with Gasteiger partial charge in [-0.05, 0) is 13.8 Å². The number of halogens is 2. The molecule has 0 bridgehead atoms. The Morgan fingerprint density at radius 3 is 2.19 bits per heavy atom. The van der Waals surface area contributed by atoms with Crippen LogP contribution >= 0.6 is 0 Å². The number of ether oxygens (including phenoxy) is 2. The van der Waals surface area contributed by atoms with Crippen molar-refractivity contribution in [2.24, 2.45) is 0 Å². The fraction of sp³-hybridized carbons (Fsp3) is 0.556. The largest absolute Gasteiger partial charge is 0.500 e. The number of carbonyl (C=O) groups is 2. The molecule has 0 saturated carbocycles. The van der Waals surface area contributed by atoms with Crippen molar-refractivity contribution in [2.45, 2.75) is 20.3 Å². The summed E-state index contributed by atoms with van der Waals surface area (Å²) in [5.41, 5.74) is -0.770. The quantitative estimate of drug-likeness (QED) is 0.222. The summed E-state index contributed by atoms with van der Waals surface area (Å²) in [6.45, 7) is 3.26. The Kier molecular flexibility index (Phi) is 9.28. The van der Waals surface area contributed by atoms with Gasteiger partial charge in [0.2, 0.25) is 5.78 Å². The average molecular weight is 240 g/mol.